The summed E-state index contributed by atoms with van der Waals surface area (Å²) in [6.45, 7) is 0. The normalized spacial score (nSPS) is 12.5. The summed E-state index contributed by atoms with van der Waals surface area (Å²) >= 11 is 0. The van der Waals surface area contributed by atoms with Gasteiger partial charge in [0, 0.05) is 5.39 Å². The van der Waals surface area contributed by atoms with Crippen LogP contribution in [0.25, 0.3) is 10.8 Å². The van der Waals surface area contributed by atoms with Gasteiger partial charge in [0.05, 0.1) is 5.56 Å². The molecule has 4 N–H and O–H groups in total. The summed E-state index contributed by atoms with van der Waals surface area (Å²) in [6.07, 6.45) is 0. The Kier molecular flexibility index (Phi) is 3.61. The van der Waals surface area contributed by atoms with Crippen LogP contribution in [0.2, 0.25) is 0 Å². The van der Waals surface area contributed by atoms with Crippen molar-refractivity contribution in [3.8, 4) is 5.75 Å². The van der Waals surface area contributed by atoms with E-state index in [4.69, 9.17) is 9.11 Å². The maximum atomic E-state index is 11.4. The van der Waals surface area contributed by atoms with Crippen molar-refractivity contribution in [1.29, 1.82) is 0 Å². The summed E-state index contributed by atoms with van der Waals surface area (Å²) < 4.78 is 63.8. The molecule has 0 amide bonds. The Balaban J connectivity index is 3.29. The molecule has 0 unspecified atom stereocenters. The molecule has 9 nitrogen and oxygen atoms in total. The van der Waals surface area contributed by atoms with Crippen LogP contribution in [0.5, 0.6) is 5.75 Å². The lowest BCUT2D eigenvalue weighted by Crippen LogP contribution is -2.15. The molecule has 2 rings (SSSR count). The highest BCUT2D eigenvalue weighted by Crippen LogP contribution is 2.36. The summed E-state index contributed by atoms with van der Waals surface area (Å²) in [6, 6.07) is 4.14. The molecule has 0 aliphatic rings. The number of benzene rings is 2. The Labute approximate surface area is 123 Å². The lowest BCUT2D eigenvalue weighted by Gasteiger charge is -2.12. The van der Waals surface area contributed by atoms with Crippen molar-refractivity contribution >= 4 is 37.0 Å². The van der Waals surface area contributed by atoms with Crippen molar-refractivity contribution in [2.45, 2.75) is 9.79 Å². The highest BCUT2D eigenvalue weighted by Gasteiger charge is 2.33. The molecule has 0 radical (unpaired) electrons. The summed E-state index contributed by atoms with van der Waals surface area (Å²) in [5, 5.41) is 18.3. The SMILES string of the molecule is O=C(O)c1c(S(=O)(=O)O)c(S(=O)(=O)O)cc2cccc(O)c12. The molecule has 0 atom stereocenters. The zero-order chi connectivity index (χ0) is 16.9. The lowest BCUT2D eigenvalue weighted by atomic mass is 10.0. The first-order chi connectivity index (χ1) is 9.94. The summed E-state index contributed by atoms with van der Waals surface area (Å²) in [5.74, 6) is -2.55. The maximum Gasteiger partial charge on any atom is 0.337 e. The smallest absolute Gasteiger partial charge is 0.337 e. The van der Waals surface area contributed by atoms with Crippen molar-refractivity contribution in [2.75, 3.05) is 0 Å². The lowest BCUT2D eigenvalue weighted by molar-refractivity contribution is 0.0693. The molecule has 0 aromatic heterocycles. The topological polar surface area (TPSA) is 166 Å². The largest absolute Gasteiger partial charge is 0.507 e. The highest BCUT2D eigenvalue weighted by molar-refractivity contribution is 7.89. The zero-order valence-electron chi connectivity index (χ0n) is 10.5. The molecular formula is C11H8O9S2. The Bertz CT molecular complexity index is 1000. The van der Waals surface area contributed by atoms with Crippen LogP contribution < -0.4 is 0 Å². The van der Waals surface area contributed by atoms with Gasteiger partial charge in [-0.15, -0.1) is 0 Å². The van der Waals surface area contributed by atoms with Gasteiger partial charge in [0.15, 0.2) is 0 Å². The number of hydrogen-bond donors (Lipinski definition) is 4. The van der Waals surface area contributed by atoms with Crippen molar-refractivity contribution in [3.63, 3.8) is 0 Å². The van der Waals surface area contributed by atoms with E-state index < -0.39 is 52.7 Å². The van der Waals surface area contributed by atoms with E-state index >= 15 is 0 Å². The summed E-state index contributed by atoms with van der Waals surface area (Å²) in [4.78, 5) is 8.53. The minimum absolute atomic E-state index is 0.155. The Hall–Kier alpha value is -2.21. The Morgan fingerprint density at radius 3 is 2.05 bits per heavy atom. The van der Waals surface area contributed by atoms with Crippen LogP contribution in [-0.4, -0.2) is 42.1 Å². The van der Waals surface area contributed by atoms with E-state index in [1.807, 2.05) is 0 Å². The number of carboxylic acid groups (broad SMARTS) is 1. The van der Waals surface area contributed by atoms with Gasteiger partial charge in [-0.1, -0.05) is 12.1 Å². The van der Waals surface area contributed by atoms with Gasteiger partial charge in [0.25, 0.3) is 20.2 Å². The predicted octanol–water partition coefficient (Wildman–Crippen LogP) is 0.737. The van der Waals surface area contributed by atoms with E-state index in [0.29, 0.717) is 6.07 Å². The van der Waals surface area contributed by atoms with Gasteiger partial charge >= 0.3 is 5.97 Å². The average molecular weight is 348 g/mol. The van der Waals surface area contributed by atoms with Crippen LogP contribution in [0.3, 0.4) is 0 Å². The first kappa shape index (κ1) is 16.2. The van der Waals surface area contributed by atoms with Crippen molar-refractivity contribution < 1.29 is 40.9 Å². The molecule has 2 aromatic rings. The number of rotatable bonds is 3. The molecule has 0 spiro atoms. The fourth-order valence-corrected chi connectivity index (χ4v) is 4.05. The number of aromatic hydroxyl groups is 1. The van der Waals surface area contributed by atoms with Crippen LogP contribution in [0.4, 0.5) is 0 Å². The second kappa shape index (κ2) is 4.91. The molecular weight excluding hydrogens is 340 g/mol. The van der Waals surface area contributed by atoms with Crippen molar-refractivity contribution in [2.24, 2.45) is 0 Å². The third-order valence-corrected chi connectivity index (χ3v) is 4.76. The highest BCUT2D eigenvalue weighted by atomic mass is 32.2. The molecule has 0 heterocycles. The van der Waals surface area contributed by atoms with E-state index in [9.17, 15) is 31.8 Å². The van der Waals surface area contributed by atoms with Gasteiger partial charge < -0.3 is 10.2 Å². The maximum absolute atomic E-state index is 11.4. The quantitative estimate of drug-likeness (QED) is 0.585. The number of fused-ring (bicyclic) bond motifs is 1. The number of carboxylic acids is 1. The number of aromatic carboxylic acids is 1. The van der Waals surface area contributed by atoms with E-state index in [-0.39, 0.29) is 5.39 Å². The van der Waals surface area contributed by atoms with E-state index in [2.05, 4.69) is 0 Å². The van der Waals surface area contributed by atoms with Crippen molar-refractivity contribution in [3.05, 3.63) is 29.8 Å². The molecule has 0 aliphatic carbocycles. The Morgan fingerprint density at radius 2 is 1.59 bits per heavy atom. The number of phenolic OH excluding ortho intramolecular Hbond substituents is 1. The monoisotopic (exact) mass is 348 g/mol. The van der Waals surface area contributed by atoms with Gasteiger partial charge in [-0.2, -0.15) is 16.8 Å². The first-order valence-corrected chi connectivity index (χ1v) is 8.29. The molecule has 0 aliphatic heterocycles. The number of carbonyl (C=O) groups is 1. The zero-order valence-corrected chi connectivity index (χ0v) is 12.1. The average Bonchev–Trinajstić information content (AvgIpc) is 2.34. The fraction of sp³-hybridized carbons (Fsp3) is 0. The van der Waals surface area contributed by atoms with Gasteiger partial charge in [0.2, 0.25) is 0 Å². The molecule has 2 aromatic carbocycles. The minimum Gasteiger partial charge on any atom is -0.507 e. The molecule has 0 bridgehead atoms. The Morgan fingerprint density at radius 1 is 1.00 bits per heavy atom. The molecule has 11 heteroatoms. The second-order valence-corrected chi connectivity index (χ2v) is 6.96. The molecule has 0 saturated carbocycles. The van der Waals surface area contributed by atoms with Crippen LogP contribution >= 0.6 is 0 Å². The second-order valence-electron chi connectivity index (χ2n) is 4.21. The van der Waals surface area contributed by atoms with E-state index in [1.54, 1.807) is 0 Å². The number of phenols is 1. The van der Waals surface area contributed by atoms with Crippen LogP contribution in [0, 0.1) is 0 Å². The van der Waals surface area contributed by atoms with Crippen LogP contribution in [0.15, 0.2) is 34.1 Å². The van der Waals surface area contributed by atoms with Crippen molar-refractivity contribution in [1.82, 2.24) is 0 Å². The fourth-order valence-electron chi connectivity index (χ4n) is 2.05. The minimum atomic E-state index is -5.33. The standard InChI is InChI=1S/C11H8O9S2/c12-6-3-1-2-5-4-7(21(15,16)17)10(22(18,19)20)9(8(5)6)11(13)14/h1-4,12H,(H,13,14)(H,15,16,17)(H,18,19,20). The molecule has 118 valence electrons. The van der Waals surface area contributed by atoms with E-state index in [1.165, 1.54) is 12.1 Å². The molecule has 0 saturated heterocycles. The van der Waals surface area contributed by atoms with Gasteiger partial charge in [-0.25, -0.2) is 4.79 Å². The number of hydrogen-bond acceptors (Lipinski definition) is 6. The van der Waals surface area contributed by atoms with Gasteiger partial charge in [-0.3, -0.25) is 9.11 Å². The van der Waals surface area contributed by atoms with Gasteiger partial charge in [0.1, 0.15) is 15.5 Å². The molecule has 0 fully saturated rings. The first-order valence-electron chi connectivity index (χ1n) is 5.41. The van der Waals surface area contributed by atoms with Gasteiger partial charge in [-0.05, 0) is 17.5 Å². The van der Waals surface area contributed by atoms with Crippen LogP contribution in [-0.2, 0) is 20.2 Å². The third kappa shape index (κ3) is 2.62. The van der Waals surface area contributed by atoms with E-state index in [0.717, 1.165) is 6.07 Å². The third-order valence-electron chi connectivity index (χ3n) is 2.81. The molecule has 22 heavy (non-hydrogen) atoms. The summed E-state index contributed by atoms with van der Waals surface area (Å²) in [7, 11) is -10.5. The van der Waals surface area contributed by atoms with Crippen LogP contribution in [0.1, 0.15) is 10.4 Å². The summed E-state index contributed by atoms with van der Waals surface area (Å²) in [5.41, 5.74) is -1.16. The predicted molar refractivity (Wildman–Crippen MR) is 72.2 cm³/mol.